The van der Waals surface area contributed by atoms with Gasteiger partial charge in [0.15, 0.2) is 0 Å². The molecule has 14 heavy (non-hydrogen) atoms. The summed E-state index contributed by atoms with van der Waals surface area (Å²) < 4.78 is 39.1. The summed E-state index contributed by atoms with van der Waals surface area (Å²) in [4.78, 5) is 3.38. The van der Waals surface area contributed by atoms with Gasteiger partial charge in [0.05, 0.1) is 17.8 Å². The zero-order valence-corrected chi connectivity index (χ0v) is 7.56. The van der Waals surface area contributed by atoms with Crippen molar-refractivity contribution in [2.24, 2.45) is 0 Å². The van der Waals surface area contributed by atoms with E-state index in [0.717, 1.165) is 6.20 Å². The van der Waals surface area contributed by atoms with Crippen LogP contribution in [0, 0.1) is 0 Å². The third-order valence-corrected chi connectivity index (χ3v) is 1.59. The van der Waals surface area contributed by atoms with Gasteiger partial charge in [0.1, 0.15) is 0 Å². The number of nitrogen functional groups attached to an aromatic ring is 1. The van der Waals surface area contributed by atoms with E-state index in [1.165, 1.54) is 6.07 Å². The number of nitrogens with two attached hydrogens (primary N) is 1. The molecule has 3 nitrogen and oxygen atoms in total. The van der Waals surface area contributed by atoms with Gasteiger partial charge in [-0.15, -0.1) is 24.8 Å². The molecule has 2 N–H and O–H groups in total. The molecule has 0 atom stereocenters. The first-order valence-corrected chi connectivity index (χ1v) is 4.02. The van der Waals surface area contributed by atoms with Crippen LogP contribution in [-0.2, 0) is 5.88 Å². The lowest BCUT2D eigenvalue weighted by Gasteiger charge is -2.10. The van der Waals surface area contributed by atoms with Gasteiger partial charge in [-0.25, -0.2) is 4.98 Å². The minimum Gasteiger partial charge on any atom is -0.397 e. The summed E-state index contributed by atoms with van der Waals surface area (Å²) in [6.45, 7) is 0. The van der Waals surface area contributed by atoms with E-state index < -0.39 is 12.2 Å². The van der Waals surface area contributed by atoms with Crippen molar-refractivity contribution in [3.63, 3.8) is 0 Å². The van der Waals surface area contributed by atoms with Crippen molar-refractivity contribution in [1.29, 1.82) is 0 Å². The molecule has 0 bridgehead atoms. The fourth-order valence-corrected chi connectivity index (χ4v) is 1.00. The molecule has 0 aromatic carbocycles. The maximum atomic E-state index is 11.8. The molecule has 0 aliphatic heterocycles. The smallest absolute Gasteiger partial charge is 0.397 e. The van der Waals surface area contributed by atoms with Gasteiger partial charge in [0.25, 0.3) is 0 Å². The summed E-state index contributed by atoms with van der Waals surface area (Å²) in [5.41, 5.74) is 5.64. The quantitative estimate of drug-likeness (QED) is 0.787. The number of halogens is 4. The number of alkyl halides is 4. The molecule has 1 rings (SSSR count). The van der Waals surface area contributed by atoms with Crippen molar-refractivity contribution in [2.45, 2.75) is 12.2 Å². The van der Waals surface area contributed by atoms with Crippen LogP contribution in [0.15, 0.2) is 12.3 Å². The average Bonchev–Trinajstić information content (AvgIpc) is 2.06. The molecule has 1 aromatic rings. The third kappa shape index (κ3) is 2.95. The Kier molecular flexibility index (Phi) is 3.05. The maximum absolute atomic E-state index is 11.8. The van der Waals surface area contributed by atoms with Crippen LogP contribution in [0.2, 0.25) is 0 Å². The second-order valence-corrected chi connectivity index (χ2v) is 2.68. The first-order valence-electron chi connectivity index (χ1n) is 3.48. The highest BCUT2D eigenvalue weighted by atomic mass is 35.5. The Bertz CT molecular complexity index is 329. The van der Waals surface area contributed by atoms with Gasteiger partial charge in [-0.2, -0.15) is 0 Å². The molecule has 1 aromatic heterocycles. The first-order chi connectivity index (χ1) is 6.42. The molecule has 0 saturated heterocycles. The normalized spacial score (nSPS) is 11.4. The van der Waals surface area contributed by atoms with E-state index in [1.807, 2.05) is 0 Å². The van der Waals surface area contributed by atoms with E-state index >= 15 is 0 Å². The summed E-state index contributed by atoms with van der Waals surface area (Å²) in [7, 11) is 0. The van der Waals surface area contributed by atoms with Crippen LogP contribution in [-0.4, -0.2) is 11.3 Å². The molecule has 0 saturated carbocycles. The fourth-order valence-electron chi connectivity index (χ4n) is 0.814. The molecular formula is C7H6ClF3N2O. The van der Waals surface area contributed by atoms with Crippen LogP contribution in [0.4, 0.5) is 18.9 Å². The van der Waals surface area contributed by atoms with Crippen LogP contribution in [0.1, 0.15) is 5.56 Å². The van der Waals surface area contributed by atoms with Crippen LogP contribution in [0.3, 0.4) is 0 Å². The highest BCUT2D eigenvalue weighted by Crippen LogP contribution is 2.26. The van der Waals surface area contributed by atoms with Crippen LogP contribution < -0.4 is 10.5 Å². The van der Waals surface area contributed by atoms with Crippen molar-refractivity contribution >= 4 is 17.3 Å². The molecule has 78 valence electrons. The molecule has 1 heterocycles. The van der Waals surface area contributed by atoms with Gasteiger partial charge < -0.3 is 10.5 Å². The van der Waals surface area contributed by atoms with Gasteiger partial charge in [0.2, 0.25) is 5.88 Å². The van der Waals surface area contributed by atoms with Crippen molar-refractivity contribution in [3.8, 4) is 5.88 Å². The van der Waals surface area contributed by atoms with Crippen molar-refractivity contribution in [2.75, 3.05) is 5.73 Å². The number of hydrogen-bond acceptors (Lipinski definition) is 3. The average molecular weight is 227 g/mol. The van der Waals surface area contributed by atoms with Gasteiger partial charge >= 0.3 is 6.36 Å². The number of rotatable bonds is 2. The number of aromatic nitrogens is 1. The molecule has 0 fully saturated rings. The lowest BCUT2D eigenvalue weighted by Crippen LogP contribution is -2.19. The Morgan fingerprint density at radius 1 is 1.50 bits per heavy atom. The van der Waals surface area contributed by atoms with Gasteiger partial charge in [-0.05, 0) is 6.07 Å². The number of ether oxygens (including phenoxy) is 1. The topological polar surface area (TPSA) is 48.1 Å². The monoisotopic (exact) mass is 226 g/mol. The van der Waals surface area contributed by atoms with Crippen LogP contribution in [0.25, 0.3) is 0 Å². The predicted molar refractivity (Wildman–Crippen MR) is 44.9 cm³/mol. The Morgan fingerprint density at radius 2 is 2.14 bits per heavy atom. The van der Waals surface area contributed by atoms with E-state index in [1.54, 1.807) is 0 Å². The molecule has 0 radical (unpaired) electrons. The number of nitrogens with zero attached hydrogens (tertiary/aromatic N) is 1. The molecule has 7 heteroatoms. The highest BCUT2D eigenvalue weighted by Gasteiger charge is 2.32. The minimum absolute atomic E-state index is 0.101. The summed E-state index contributed by atoms with van der Waals surface area (Å²) in [5.74, 6) is -0.717. The van der Waals surface area contributed by atoms with Gasteiger partial charge in [-0.3, -0.25) is 0 Å². The van der Waals surface area contributed by atoms with Gasteiger partial charge in [-0.1, -0.05) is 0 Å². The predicted octanol–water partition coefficient (Wildman–Crippen LogP) is 2.30. The SMILES string of the molecule is Nc1cnc(OC(F)(F)F)c(CCl)c1. The van der Waals surface area contributed by atoms with Crippen molar-refractivity contribution in [3.05, 3.63) is 17.8 Å². The molecule has 0 unspecified atom stereocenters. The zero-order valence-electron chi connectivity index (χ0n) is 6.81. The Morgan fingerprint density at radius 3 is 2.64 bits per heavy atom. The van der Waals surface area contributed by atoms with Crippen LogP contribution >= 0.6 is 11.6 Å². The lowest BCUT2D eigenvalue weighted by molar-refractivity contribution is -0.276. The van der Waals surface area contributed by atoms with E-state index in [4.69, 9.17) is 17.3 Å². The van der Waals surface area contributed by atoms with E-state index in [-0.39, 0.29) is 17.1 Å². The van der Waals surface area contributed by atoms with E-state index in [2.05, 4.69) is 9.72 Å². The third-order valence-electron chi connectivity index (χ3n) is 1.30. The second kappa shape index (κ2) is 3.91. The number of hydrogen-bond donors (Lipinski definition) is 1. The molecule has 0 aliphatic rings. The lowest BCUT2D eigenvalue weighted by atomic mass is 10.3. The second-order valence-electron chi connectivity index (χ2n) is 2.41. The Hall–Kier alpha value is -1.17. The Balaban J connectivity index is 2.97. The van der Waals surface area contributed by atoms with E-state index in [9.17, 15) is 13.2 Å². The van der Waals surface area contributed by atoms with Crippen molar-refractivity contribution in [1.82, 2.24) is 4.98 Å². The van der Waals surface area contributed by atoms with E-state index in [0.29, 0.717) is 0 Å². The summed E-state index contributed by atoms with van der Waals surface area (Å²) in [5, 5.41) is 0. The maximum Gasteiger partial charge on any atom is 0.574 e. The highest BCUT2D eigenvalue weighted by molar-refractivity contribution is 6.17. The molecule has 0 aliphatic carbocycles. The summed E-state index contributed by atoms with van der Waals surface area (Å²) in [6, 6.07) is 1.28. The first kappa shape index (κ1) is 10.9. The molecule has 0 amide bonds. The standard InChI is InChI=1S/C7H6ClF3N2O/c8-2-4-1-5(12)3-13-6(4)14-7(9,10)11/h1,3H,2,12H2. The van der Waals surface area contributed by atoms with Gasteiger partial charge in [0, 0.05) is 5.56 Å². The summed E-state index contributed by atoms with van der Waals surface area (Å²) >= 11 is 5.39. The molecule has 0 spiro atoms. The largest absolute Gasteiger partial charge is 0.574 e. The minimum atomic E-state index is -4.77. The summed E-state index contributed by atoms with van der Waals surface area (Å²) in [6.07, 6.45) is -3.71. The van der Waals surface area contributed by atoms with Crippen molar-refractivity contribution < 1.29 is 17.9 Å². The fraction of sp³-hybridized carbons (Fsp3) is 0.286. The molecular weight excluding hydrogens is 221 g/mol. The Labute approximate surface area is 82.6 Å². The zero-order chi connectivity index (χ0) is 10.8. The number of pyridine rings is 1. The number of anilines is 1. The van der Waals surface area contributed by atoms with Crippen LogP contribution in [0.5, 0.6) is 5.88 Å².